The normalized spacial score (nSPS) is 11.0. The van der Waals surface area contributed by atoms with Crippen molar-refractivity contribution in [1.29, 1.82) is 0 Å². The zero-order valence-corrected chi connectivity index (χ0v) is 17.0. The summed E-state index contributed by atoms with van der Waals surface area (Å²) >= 11 is 13.5. The molecular formula is C20H18Cl2N2OS. The predicted molar refractivity (Wildman–Crippen MR) is 112 cm³/mol. The number of nitrogens with one attached hydrogen (secondary N) is 1. The Morgan fingerprint density at radius 1 is 1.12 bits per heavy atom. The third-order valence-electron chi connectivity index (χ3n) is 4.01. The number of anilines is 1. The molecule has 0 spiro atoms. The summed E-state index contributed by atoms with van der Waals surface area (Å²) < 4.78 is 0. The van der Waals surface area contributed by atoms with Crippen molar-refractivity contribution >= 4 is 57.5 Å². The van der Waals surface area contributed by atoms with E-state index in [4.69, 9.17) is 28.2 Å². The number of thioether (sulfide) groups is 1. The first-order valence-electron chi connectivity index (χ1n) is 8.10. The van der Waals surface area contributed by atoms with Gasteiger partial charge in [-0.2, -0.15) is 0 Å². The number of halogens is 2. The third kappa shape index (κ3) is 4.14. The lowest BCUT2D eigenvalue weighted by Crippen LogP contribution is -2.14. The van der Waals surface area contributed by atoms with Crippen LogP contribution in [0.1, 0.15) is 16.7 Å². The van der Waals surface area contributed by atoms with E-state index in [0.717, 1.165) is 27.1 Å². The first kappa shape index (κ1) is 19.0. The van der Waals surface area contributed by atoms with Gasteiger partial charge in [0.05, 0.1) is 32.0 Å². The molecule has 0 fully saturated rings. The van der Waals surface area contributed by atoms with E-state index in [9.17, 15) is 4.79 Å². The molecule has 6 heteroatoms. The summed E-state index contributed by atoms with van der Waals surface area (Å²) in [6, 6.07) is 11.4. The van der Waals surface area contributed by atoms with Crippen molar-refractivity contribution in [3.63, 3.8) is 0 Å². The van der Waals surface area contributed by atoms with Gasteiger partial charge in [-0.05, 0) is 56.2 Å². The second kappa shape index (κ2) is 7.87. The summed E-state index contributed by atoms with van der Waals surface area (Å²) in [7, 11) is 0. The summed E-state index contributed by atoms with van der Waals surface area (Å²) in [5.41, 5.74) is 5.01. The van der Waals surface area contributed by atoms with Gasteiger partial charge in [0.15, 0.2) is 0 Å². The molecular weight excluding hydrogens is 387 g/mol. The largest absolute Gasteiger partial charge is 0.324 e. The molecule has 2 aromatic carbocycles. The van der Waals surface area contributed by atoms with Crippen LogP contribution < -0.4 is 5.32 Å². The van der Waals surface area contributed by atoms with Gasteiger partial charge in [0.25, 0.3) is 0 Å². The number of hydrogen-bond donors (Lipinski definition) is 1. The summed E-state index contributed by atoms with van der Waals surface area (Å²) in [5.74, 6) is 0.0884. The van der Waals surface area contributed by atoms with Crippen LogP contribution in [-0.2, 0) is 4.79 Å². The highest BCUT2D eigenvalue weighted by Crippen LogP contribution is 2.30. The van der Waals surface area contributed by atoms with E-state index in [1.54, 1.807) is 18.2 Å². The van der Waals surface area contributed by atoms with Crippen LogP contribution in [0.25, 0.3) is 10.9 Å². The molecule has 3 aromatic rings. The van der Waals surface area contributed by atoms with Crippen molar-refractivity contribution in [3.8, 4) is 0 Å². The molecule has 1 amide bonds. The number of fused-ring (bicyclic) bond motifs is 1. The molecule has 0 aliphatic heterocycles. The quantitative estimate of drug-likeness (QED) is 0.526. The number of rotatable bonds is 4. The summed E-state index contributed by atoms with van der Waals surface area (Å²) in [4.78, 5) is 17.0. The van der Waals surface area contributed by atoms with Gasteiger partial charge >= 0.3 is 0 Å². The van der Waals surface area contributed by atoms with E-state index < -0.39 is 0 Å². The fourth-order valence-corrected chi connectivity index (χ4v) is 3.93. The van der Waals surface area contributed by atoms with Crippen LogP contribution in [0.3, 0.4) is 0 Å². The number of carbonyl (C=O) groups excluding carboxylic acids is 1. The molecule has 0 saturated heterocycles. The monoisotopic (exact) mass is 404 g/mol. The minimum Gasteiger partial charge on any atom is -0.324 e. The van der Waals surface area contributed by atoms with Crippen LogP contribution in [-0.4, -0.2) is 16.6 Å². The smallest absolute Gasteiger partial charge is 0.234 e. The molecule has 0 radical (unpaired) electrons. The molecule has 1 aromatic heterocycles. The molecule has 0 aliphatic carbocycles. The Balaban J connectivity index is 1.75. The molecule has 134 valence electrons. The lowest BCUT2D eigenvalue weighted by Gasteiger charge is -2.10. The van der Waals surface area contributed by atoms with Crippen molar-refractivity contribution < 1.29 is 4.79 Å². The molecule has 1 N–H and O–H groups in total. The number of pyridine rings is 1. The minimum absolute atomic E-state index is 0.153. The Hall–Kier alpha value is -1.75. The average Bonchev–Trinajstić information content (AvgIpc) is 2.58. The van der Waals surface area contributed by atoms with Crippen molar-refractivity contribution in [2.45, 2.75) is 25.8 Å². The highest BCUT2D eigenvalue weighted by molar-refractivity contribution is 7.99. The van der Waals surface area contributed by atoms with Crippen molar-refractivity contribution in [3.05, 3.63) is 63.1 Å². The van der Waals surface area contributed by atoms with E-state index in [0.29, 0.717) is 15.7 Å². The van der Waals surface area contributed by atoms with Gasteiger partial charge in [-0.15, -0.1) is 0 Å². The second-order valence-electron chi connectivity index (χ2n) is 6.19. The van der Waals surface area contributed by atoms with Gasteiger partial charge < -0.3 is 5.32 Å². The van der Waals surface area contributed by atoms with Crippen LogP contribution in [0.15, 0.2) is 41.4 Å². The zero-order valence-electron chi connectivity index (χ0n) is 14.7. The lowest BCUT2D eigenvalue weighted by atomic mass is 10.0. The minimum atomic E-state index is -0.153. The van der Waals surface area contributed by atoms with Gasteiger partial charge in [-0.25, -0.2) is 4.98 Å². The summed E-state index contributed by atoms with van der Waals surface area (Å²) in [6.07, 6.45) is 0. The number of aryl methyl sites for hydroxylation is 3. The number of amides is 1. The van der Waals surface area contributed by atoms with Crippen LogP contribution in [0, 0.1) is 20.8 Å². The van der Waals surface area contributed by atoms with E-state index >= 15 is 0 Å². The molecule has 0 unspecified atom stereocenters. The summed E-state index contributed by atoms with van der Waals surface area (Å²) in [5, 5.41) is 5.53. The Bertz CT molecular complexity index is 1000. The number of benzene rings is 2. The maximum Gasteiger partial charge on any atom is 0.234 e. The second-order valence-corrected chi connectivity index (χ2v) is 7.97. The fourth-order valence-electron chi connectivity index (χ4n) is 2.81. The third-order valence-corrected chi connectivity index (χ3v) is 5.74. The number of hydrogen-bond acceptors (Lipinski definition) is 3. The highest BCUT2D eigenvalue weighted by atomic mass is 35.5. The Morgan fingerprint density at radius 2 is 1.88 bits per heavy atom. The molecule has 3 rings (SSSR count). The van der Waals surface area contributed by atoms with Gasteiger partial charge in [-0.3, -0.25) is 4.79 Å². The van der Waals surface area contributed by atoms with E-state index in [2.05, 4.69) is 38.2 Å². The first-order chi connectivity index (χ1) is 12.3. The number of carbonyl (C=O) groups is 1. The van der Waals surface area contributed by atoms with Crippen LogP contribution in [0.2, 0.25) is 10.0 Å². The summed E-state index contributed by atoms with van der Waals surface area (Å²) in [6.45, 7) is 6.21. The predicted octanol–water partition coefficient (Wildman–Crippen LogP) is 6.20. The average molecular weight is 405 g/mol. The molecule has 0 bridgehead atoms. The molecule has 1 heterocycles. The Kier molecular flexibility index (Phi) is 5.76. The highest BCUT2D eigenvalue weighted by Gasteiger charge is 2.11. The van der Waals surface area contributed by atoms with Crippen molar-refractivity contribution in [2.24, 2.45) is 0 Å². The van der Waals surface area contributed by atoms with Crippen LogP contribution in [0.5, 0.6) is 0 Å². The Morgan fingerprint density at radius 3 is 2.65 bits per heavy atom. The van der Waals surface area contributed by atoms with Gasteiger partial charge in [0.2, 0.25) is 5.91 Å². The topological polar surface area (TPSA) is 42.0 Å². The zero-order chi connectivity index (χ0) is 18.8. The van der Waals surface area contributed by atoms with Crippen LogP contribution in [0.4, 0.5) is 5.69 Å². The molecule has 26 heavy (non-hydrogen) atoms. The Labute approximate surface area is 167 Å². The standard InChI is InChI=1S/C20H18Cl2N2OS/c1-11-7-13(3)20-14(8-11)12(2)9-18(24-20)26-10-17(25)23-16-6-4-5-15(21)19(16)22/h4-9H,10H2,1-3H3,(H,23,25). The number of aromatic nitrogens is 1. The maximum absolute atomic E-state index is 12.2. The van der Waals surface area contributed by atoms with Crippen molar-refractivity contribution in [2.75, 3.05) is 11.1 Å². The maximum atomic E-state index is 12.2. The van der Waals surface area contributed by atoms with Crippen molar-refractivity contribution in [1.82, 2.24) is 4.98 Å². The van der Waals surface area contributed by atoms with Gasteiger partial charge in [-0.1, -0.05) is 52.7 Å². The lowest BCUT2D eigenvalue weighted by molar-refractivity contribution is -0.113. The SMILES string of the molecule is Cc1cc(C)c2nc(SCC(=O)Nc3cccc(Cl)c3Cl)cc(C)c2c1. The molecule has 0 atom stereocenters. The van der Waals surface area contributed by atoms with Gasteiger partial charge in [0, 0.05) is 5.39 Å². The fraction of sp³-hybridized carbons (Fsp3) is 0.200. The molecule has 0 saturated carbocycles. The molecule has 0 aliphatic rings. The van der Waals surface area contributed by atoms with E-state index in [-0.39, 0.29) is 11.7 Å². The van der Waals surface area contributed by atoms with Gasteiger partial charge in [0.1, 0.15) is 0 Å². The number of nitrogens with zero attached hydrogens (tertiary/aromatic N) is 1. The molecule has 3 nitrogen and oxygen atoms in total. The first-order valence-corrected chi connectivity index (χ1v) is 9.84. The van der Waals surface area contributed by atoms with E-state index in [1.807, 2.05) is 6.07 Å². The van der Waals surface area contributed by atoms with Crippen LogP contribution >= 0.6 is 35.0 Å². The van der Waals surface area contributed by atoms with E-state index in [1.165, 1.54) is 17.3 Å².